The number of anilines is 1. The van der Waals surface area contributed by atoms with Crippen molar-refractivity contribution in [2.45, 2.75) is 12.8 Å². The Morgan fingerprint density at radius 1 is 1.04 bits per heavy atom. The number of rotatable bonds is 5. The van der Waals surface area contributed by atoms with E-state index in [9.17, 15) is 4.79 Å². The van der Waals surface area contributed by atoms with E-state index in [-0.39, 0.29) is 11.9 Å². The Morgan fingerprint density at radius 3 is 2.12 bits per heavy atom. The molecule has 2 N–H and O–H groups in total. The Kier molecular flexibility index (Phi) is 5.18. The fraction of sp³-hybridized carbons (Fsp3) is 0.167. The molecule has 2 amide bonds. The van der Waals surface area contributed by atoms with Crippen molar-refractivity contribution in [3.05, 3.63) is 77.6 Å². The average Bonchev–Trinajstić information content (AvgIpc) is 3.02. The molecule has 1 aromatic heterocycles. The molecule has 24 heavy (non-hydrogen) atoms. The largest absolute Gasteiger partial charge is 0.337 e. The quantitative estimate of drug-likeness (QED) is 0.743. The van der Waals surface area contributed by atoms with Crippen LogP contribution in [0, 0.1) is 6.92 Å². The van der Waals surface area contributed by atoms with E-state index < -0.39 is 0 Å². The molecule has 2 aromatic carbocycles. The number of aromatic nitrogens is 2. The third kappa shape index (κ3) is 4.17. The number of benzene rings is 2. The van der Waals surface area contributed by atoms with E-state index in [0.29, 0.717) is 17.5 Å². The second-order valence-electron chi connectivity index (χ2n) is 5.36. The first kappa shape index (κ1) is 16.1. The van der Waals surface area contributed by atoms with Gasteiger partial charge in [0.25, 0.3) is 0 Å². The zero-order chi connectivity index (χ0) is 16.8. The van der Waals surface area contributed by atoms with E-state index in [0.717, 1.165) is 11.1 Å². The highest BCUT2D eigenvalue weighted by Crippen LogP contribution is 2.23. The zero-order valence-corrected chi connectivity index (χ0v) is 14.1. The molecule has 0 radical (unpaired) electrons. The maximum Gasteiger partial charge on any atom is 0.321 e. The van der Waals surface area contributed by atoms with Gasteiger partial charge in [-0.2, -0.15) is 4.37 Å². The topological polar surface area (TPSA) is 66.9 Å². The number of nitrogens with zero attached hydrogens (tertiary/aromatic N) is 2. The van der Waals surface area contributed by atoms with Crippen LogP contribution >= 0.6 is 11.5 Å². The summed E-state index contributed by atoms with van der Waals surface area (Å²) in [4.78, 5) is 16.2. The van der Waals surface area contributed by atoms with Crippen LogP contribution in [-0.4, -0.2) is 21.9 Å². The summed E-state index contributed by atoms with van der Waals surface area (Å²) in [6, 6.07) is 20.0. The Bertz CT molecular complexity index is 750. The fourth-order valence-electron chi connectivity index (χ4n) is 2.48. The number of nitrogens with one attached hydrogen (secondary N) is 2. The van der Waals surface area contributed by atoms with Gasteiger partial charge in [-0.15, -0.1) is 0 Å². The summed E-state index contributed by atoms with van der Waals surface area (Å²) in [6.45, 7) is 2.29. The number of hydrogen-bond acceptors (Lipinski definition) is 4. The van der Waals surface area contributed by atoms with Crippen molar-refractivity contribution in [1.82, 2.24) is 14.7 Å². The van der Waals surface area contributed by atoms with E-state index >= 15 is 0 Å². The SMILES string of the molecule is Cc1nsc(NC(=O)NCC(c2ccccc2)c2ccccc2)n1. The number of carbonyl (C=O) groups excluding carboxylic acids is 1. The monoisotopic (exact) mass is 338 g/mol. The summed E-state index contributed by atoms with van der Waals surface area (Å²) in [5.74, 6) is 0.746. The Hall–Kier alpha value is -2.73. The summed E-state index contributed by atoms with van der Waals surface area (Å²) in [5, 5.41) is 6.14. The lowest BCUT2D eigenvalue weighted by molar-refractivity contribution is 0.252. The van der Waals surface area contributed by atoms with E-state index in [1.165, 1.54) is 11.5 Å². The molecule has 0 atom stereocenters. The Labute approximate surface area is 144 Å². The molecule has 6 heteroatoms. The van der Waals surface area contributed by atoms with Crippen LogP contribution in [-0.2, 0) is 0 Å². The van der Waals surface area contributed by atoms with Gasteiger partial charge in [0.2, 0.25) is 5.13 Å². The van der Waals surface area contributed by atoms with Crippen molar-refractivity contribution < 1.29 is 4.79 Å². The predicted molar refractivity (Wildman–Crippen MR) is 96.4 cm³/mol. The van der Waals surface area contributed by atoms with Gasteiger partial charge in [-0.3, -0.25) is 5.32 Å². The van der Waals surface area contributed by atoms with Gasteiger partial charge in [0, 0.05) is 24.0 Å². The zero-order valence-electron chi connectivity index (χ0n) is 13.3. The lowest BCUT2D eigenvalue weighted by atomic mass is 9.91. The van der Waals surface area contributed by atoms with E-state index in [4.69, 9.17) is 0 Å². The number of urea groups is 1. The van der Waals surface area contributed by atoms with Crippen molar-refractivity contribution >= 4 is 22.7 Å². The molecule has 0 aliphatic carbocycles. The second kappa shape index (κ2) is 7.70. The molecule has 0 aliphatic heterocycles. The van der Waals surface area contributed by atoms with Crippen LogP contribution in [0.25, 0.3) is 0 Å². The first-order valence-electron chi connectivity index (χ1n) is 7.67. The van der Waals surface area contributed by atoms with Gasteiger partial charge < -0.3 is 5.32 Å². The minimum absolute atomic E-state index is 0.0920. The van der Waals surface area contributed by atoms with Crippen LogP contribution in [0.5, 0.6) is 0 Å². The van der Waals surface area contributed by atoms with Crippen LogP contribution in [0.2, 0.25) is 0 Å². The maximum atomic E-state index is 12.1. The molecule has 122 valence electrons. The predicted octanol–water partition coefficient (Wildman–Crippen LogP) is 3.80. The molecule has 3 aromatic rings. The minimum atomic E-state index is -0.275. The highest BCUT2D eigenvalue weighted by molar-refractivity contribution is 7.09. The molecule has 0 fully saturated rings. The van der Waals surface area contributed by atoms with Crippen molar-refractivity contribution in [2.75, 3.05) is 11.9 Å². The van der Waals surface area contributed by atoms with Crippen molar-refractivity contribution in [3.63, 3.8) is 0 Å². The fourth-order valence-corrected chi connectivity index (χ4v) is 3.05. The number of carbonyl (C=O) groups is 1. The minimum Gasteiger partial charge on any atom is -0.337 e. The van der Waals surface area contributed by atoms with Crippen molar-refractivity contribution in [2.24, 2.45) is 0 Å². The van der Waals surface area contributed by atoms with E-state index in [2.05, 4.69) is 44.3 Å². The van der Waals surface area contributed by atoms with Crippen molar-refractivity contribution in [3.8, 4) is 0 Å². The number of aryl methyl sites for hydroxylation is 1. The molecule has 0 bridgehead atoms. The standard InChI is InChI=1S/C18H18N4OS/c1-13-20-18(24-22-13)21-17(23)19-12-16(14-8-4-2-5-9-14)15-10-6-3-7-11-15/h2-11,16H,12H2,1H3,(H2,19,20,21,22,23). The lowest BCUT2D eigenvalue weighted by Gasteiger charge is -2.18. The highest BCUT2D eigenvalue weighted by atomic mass is 32.1. The Morgan fingerprint density at radius 2 is 1.62 bits per heavy atom. The molecular formula is C18H18N4OS. The molecule has 3 rings (SSSR count). The van der Waals surface area contributed by atoms with Gasteiger partial charge in [-0.25, -0.2) is 9.78 Å². The van der Waals surface area contributed by atoms with Gasteiger partial charge in [0.15, 0.2) is 0 Å². The first-order chi connectivity index (χ1) is 11.7. The number of hydrogen-bond donors (Lipinski definition) is 2. The third-order valence-electron chi connectivity index (χ3n) is 3.62. The average molecular weight is 338 g/mol. The van der Waals surface area contributed by atoms with Gasteiger partial charge in [-0.05, 0) is 18.1 Å². The number of amides is 2. The van der Waals surface area contributed by atoms with Gasteiger partial charge in [0.05, 0.1) is 0 Å². The molecule has 0 unspecified atom stereocenters. The van der Waals surface area contributed by atoms with Gasteiger partial charge >= 0.3 is 6.03 Å². The van der Waals surface area contributed by atoms with Crippen LogP contribution in [0.3, 0.4) is 0 Å². The summed E-state index contributed by atoms with van der Waals surface area (Å²) in [6.07, 6.45) is 0. The molecule has 0 spiro atoms. The first-order valence-corrected chi connectivity index (χ1v) is 8.45. The second-order valence-corrected chi connectivity index (χ2v) is 6.11. The summed E-state index contributed by atoms with van der Waals surface area (Å²) in [7, 11) is 0. The normalized spacial score (nSPS) is 10.6. The van der Waals surface area contributed by atoms with Crippen LogP contribution in [0.1, 0.15) is 22.9 Å². The van der Waals surface area contributed by atoms with Crippen molar-refractivity contribution in [1.29, 1.82) is 0 Å². The summed E-state index contributed by atoms with van der Waals surface area (Å²) in [5.41, 5.74) is 2.33. The van der Waals surface area contributed by atoms with Crippen LogP contribution in [0.15, 0.2) is 60.7 Å². The Balaban J connectivity index is 1.69. The van der Waals surface area contributed by atoms with Crippen LogP contribution < -0.4 is 10.6 Å². The molecule has 0 saturated heterocycles. The highest BCUT2D eigenvalue weighted by Gasteiger charge is 2.15. The molecule has 1 heterocycles. The maximum absolute atomic E-state index is 12.1. The van der Waals surface area contributed by atoms with Crippen LogP contribution in [0.4, 0.5) is 9.93 Å². The molecule has 5 nitrogen and oxygen atoms in total. The van der Waals surface area contributed by atoms with E-state index in [1.807, 2.05) is 36.4 Å². The van der Waals surface area contributed by atoms with E-state index in [1.54, 1.807) is 6.92 Å². The summed E-state index contributed by atoms with van der Waals surface area (Å²) < 4.78 is 4.05. The molecule has 0 saturated carbocycles. The lowest BCUT2D eigenvalue weighted by Crippen LogP contribution is -2.32. The smallest absolute Gasteiger partial charge is 0.321 e. The molecular weight excluding hydrogens is 320 g/mol. The van der Waals surface area contributed by atoms with Gasteiger partial charge in [0.1, 0.15) is 5.82 Å². The van der Waals surface area contributed by atoms with Gasteiger partial charge in [-0.1, -0.05) is 60.7 Å². The summed E-state index contributed by atoms with van der Waals surface area (Å²) >= 11 is 1.17. The molecule has 0 aliphatic rings. The third-order valence-corrected chi connectivity index (χ3v) is 4.34.